The molecule has 0 heterocycles. The van der Waals surface area contributed by atoms with E-state index in [1.807, 2.05) is 19.9 Å². The van der Waals surface area contributed by atoms with Gasteiger partial charge in [0.2, 0.25) is 0 Å². The van der Waals surface area contributed by atoms with Gasteiger partial charge >= 0.3 is 177 Å². The van der Waals surface area contributed by atoms with Crippen molar-refractivity contribution in [2.45, 2.75) is 80.1 Å². The molecule has 0 radical (unpaired) electrons. The molecule has 0 saturated heterocycles. The molecule has 155 valence electrons. The number of nitrogens with one attached hydrogen (secondary N) is 2. The predicted octanol–water partition coefficient (Wildman–Crippen LogP) is 4.50. The van der Waals surface area contributed by atoms with E-state index in [1.165, 1.54) is 5.56 Å². The Labute approximate surface area is 177 Å². The number of hydrogen-bond donors (Lipinski definition) is 2. The van der Waals surface area contributed by atoms with Crippen molar-refractivity contribution in [2.75, 3.05) is 0 Å². The summed E-state index contributed by atoms with van der Waals surface area (Å²) in [5, 5.41) is 11.6. The number of benzene rings is 1. The van der Waals surface area contributed by atoms with Crippen LogP contribution >= 0.6 is 0 Å². The van der Waals surface area contributed by atoms with Crippen LogP contribution in [0.3, 0.4) is 0 Å². The molecule has 0 aromatic heterocycles. The second-order valence-corrected chi connectivity index (χ2v) is 13.8. The first kappa shape index (κ1) is 23.2. The van der Waals surface area contributed by atoms with Crippen LogP contribution in [0.1, 0.15) is 58.9 Å². The van der Waals surface area contributed by atoms with E-state index in [9.17, 15) is 9.59 Å². The van der Waals surface area contributed by atoms with Gasteiger partial charge in [-0.05, 0) is 0 Å². The van der Waals surface area contributed by atoms with Crippen LogP contribution in [0.5, 0.6) is 0 Å². The number of carbonyl (C=O) groups is 2. The third-order valence-corrected chi connectivity index (χ3v) is 10.0. The van der Waals surface area contributed by atoms with Gasteiger partial charge in [0.25, 0.3) is 0 Å². The van der Waals surface area contributed by atoms with Crippen molar-refractivity contribution in [3.05, 3.63) is 35.9 Å². The average molecular weight is 421 g/mol. The van der Waals surface area contributed by atoms with Crippen LogP contribution in [0.4, 0.5) is 0 Å². The standard InChI is InChI=1S/C21H31N2O2.2CH3.Ti/c1-5-19(24)22-17-13-21(3,4)14-18(23-20(25)6-2)16(17)12-15-10-8-7-9-11-15;;;/h7-11,16-17H,5-6,12-14H2,1-4H3,(H,22,24)(H,23,25);2*1H3;. The van der Waals surface area contributed by atoms with E-state index in [1.54, 1.807) is 0 Å². The number of carbonyl (C=O) groups excluding carboxylic acids is 2. The molecule has 2 amide bonds. The van der Waals surface area contributed by atoms with Crippen LogP contribution in [-0.2, 0) is 33.9 Å². The monoisotopic (exact) mass is 421 g/mol. The van der Waals surface area contributed by atoms with Gasteiger partial charge in [-0.3, -0.25) is 0 Å². The Bertz CT molecular complexity index is 674. The summed E-state index contributed by atoms with van der Waals surface area (Å²) in [4.78, 5) is 25.0. The molecule has 1 aromatic rings. The Balaban J connectivity index is 2.52. The average Bonchev–Trinajstić information content (AvgIpc) is 2.64. The van der Waals surface area contributed by atoms with Crippen LogP contribution in [0.2, 0.25) is 10.5 Å². The molecule has 0 aliphatic heterocycles. The second-order valence-electron chi connectivity index (χ2n) is 9.24. The Morgan fingerprint density at radius 3 is 2.21 bits per heavy atom. The van der Waals surface area contributed by atoms with Crippen LogP contribution < -0.4 is 10.6 Å². The van der Waals surface area contributed by atoms with Gasteiger partial charge in [-0.25, -0.2) is 0 Å². The van der Waals surface area contributed by atoms with Crippen molar-refractivity contribution in [2.24, 2.45) is 11.3 Å². The zero-order valence-electron chi connectivity index (χ0n) is 18.4. The van der Waals surface area contributed by atoms with Crippen molar-refractivity contribution >= 4 is 11.8 Å². The van der Waals surface area contributed by atoms with Gasteiger partial charge in [0, 0.05) is 0 Å². The summed E-state index contributed by atoms with van der Waals surface area (Å²) in [5.41, 5.74) is 1.35. The van der Waals surface area contributed by atoms with Crippen molar-refractivity contribution in [3.8, 4) is 0 Å². The molecule has 2 N–H and O–H groups in total. The van der Waals surface area contributed by atoms with Crippen molar-refractivity contribution in [3.63, 3.8) is 0 Å². The zero-order valence-corrected chi connectivity index (χ0v) is 20.0. The van der Waals surface area contributed by atoms with Crippen LogP contribution in [-0.4, -0.2) is 21.7 Å². The van der Waals surface area contributed by atoms with Crippen molar-refractivity contribution in [1.82, 2.24) is 10.6 Å². The van der Waals surface area contributed by atoms with Gasteiger partial charge in [0.15, 0.2) is 0 Å². The molecular formula is C23H37N2O2Ti. The Morgan fingerprint density at radius 2 is 1.68 bits per heavy atom. The Kier molecular flexibility index (Phi) is 7.92. The molecule has 28 heavy (non-hydrogen) atoms. The first-order valence-corrected chi connectivity index (χ1v) is 14.5. The van der Waals surface area contributed by atoms with E-state index in [0.717, 1.165) is 19.3 Å². The zero-order chi connectivity index (χ0) is 20.9. The van der Waals surface area contributed by atoms with E-state index in [0.29, 0.717) is 12.8 Å². The molecule has 3 unspecified atom stereocenters. The van der Waals surface area contributed by atoms with E-state index < -0.39 is 17.9 Å². The predicted molar refractivity (Wildman–Crippen MR) is 112 cm³/mol. The Morgan fingerprint density at radius 1 is 1.07 bits per heavy atom. The second kappa shape index (κ2) is 9.58. The first-order chi connectivity index (χ1) is 13.1. The molecule has 1 fully saturated rings. The van der Waals surface area contributed by atoms with Gasteiger partial charge in [-0.1, -0.05) is 0 Å². The van der Waals surface area contributed by atoms with Crippen LogP contribution in [0.15, 0.2) is 30.3 Å². The number of amides is 2. The summed E-state index contributed by atoms with van der Waals surface area (Å²) in [5.74, 6) is 0.453. The summed E-state index contributed by atoms with van der Waals surface area (Å²) in [7, 11) is 0. The molecule has 0 spiro atoms. The van der Waals surface area contributed by atoms with Gasteiger partial charge in [-0.15, -0.1) is 0 Å². The Hall–Kier alpha value is -1.13. The maximum absolute atomic E-state index is 12.6. The third kappa shape index (κ3) is 5.48. The van der Waals surface area contributed by atoms with Crippen molar-refractivity contribution in [1.29, 1.82) is 0 Å². The molecule has 2 rings (SSSR count). The summed E-state index contributed by atoms with van der Waals surface area (Å²) in [6, 6.07) is 10.6. The molecule has 0 bridgehead atoms. The molecule has 1 aliphatic rings. The van der Waals surface area contributed by atoms with Crippen LogP contribution in [0, 0.1) is 11.3 Å². The fraction of sp³-hybridized carbons (Fsp3) is 0.652. The van der Waals surface area contributed by atoms with E-state index >= 15 is 0 Å². The fourth-order valence-electron chi connectivity index (χ4n) is 4.83. The quantitative estimate of drug-likeness (QED) is 0.637. The van der Waals surface area contributed by atoms with E-state index in [4.69, 9.17) is 0 Å². The normalized spacial score (nSPS) is 26.4. The topological polar surface area (TPSA) is 58.2 Å². The first-order valence-electron chi connectivity index (χ1n) is 10.6. The SMILES string of the molecule is CCC(=O)NC1CC(C)(C)C[C](NC(=O)CC)([Ti]([CH3])[CH3])C1Cc1ccccc1. The van der Waals surface area contributed by atoms with Gasteiger partial charge in [-0.2, -0.15) is 0 Å². The van der Waals surface area contributed by atoms with E-state index in [2.05, 4.69) is 59.2 Å². The summed E-state index contributed by atoms with van der Waals surface area (Å²) < 4.78 is -0.184. The molecule has 1 saturated carbocycles. The van der Waals surface area contributed by atoms with Gasteiger partial charge in [0.05, 0.1) is 0 Å². The minimum absolute atomic E-state index is 0.0736. The summed E-state index contributed by atoms with van der Waals surface area (Å²) >= 11 is -1.63. The van der Waals surface area contributed by atoms with Gasteiger partial charge in [0.1, 0.15) is 0 Å². The van der Waals surface area contributed by atoms with Gasteiger partial charge < -0.3 is 0 Å². The summed E-state index contributed by atoms with van der Waals surface area (Å²) in [6.07, 6.45) is 3.81. The molecule has 1 aromatic carbocycles. The summed E-state index contributed by atoms with van der Waals surface area (Å²) in [6.45, 7) is 8.39. The van der Waals surface area contributed by atoms with Crippen LogP contribution in [0.25, 0.3) is 0 Å². The van der Waals surface area contributed by atoms with E-state index in [-0.39, 0.29) is 33.0 Å². The number of rotatable bonds is 7. The minimum atomic E-state index is -1.63. The molecule has 4 nitrogen and oxygen atoms in total. The molecular weight excluding hydrogens is 384 g/mol. The molecule has 5 heteroatoms. The molecule has 1 aliphatic carbocycles. The fourth-order valence-corrected chi connectivity index (χ4v) is 8.37. The number of hydrogen-bond acceptors (Lipinski definition) is 2. The maximum atomic E-state index is 12.6. The molecule has 3 atom stereocenters. The van der Waals surface area contributed by atoms with Crippen molar-refractivity contribution < 1.29 is 27.5 Å². The third-order valence-electron chi connectivity index (χ3n) is 6.19.